The van der Waals surface area contributed by atoms with Gasteiger partial charge in [0, 0.05) is 7.05 Å². The van der Waals surface area contributed by atoms with Crippen molar-refractivity contribution in [2.75, 3.05) is 20.7 Å². The second-order valence-corrected chi connectivity index (χ2v) is 1.89. The van der Waals surface area contributed by atoms with Crippen molar-refractivity contribution in [2.24, 2.45) is 0 Å². The Hall–Kier alpha value is -1.43. The van der Waals surface area contributed by atoms with Crippen LogP contribution in [0.3, 0.4) is 0 Å². The van der Waals surface area contributed by atoms with Gasteiger partial charge < -0.3 is 9.57 Å². The van der Waals surface area contributed by atoms with E-state index in [0.717, 1.165) is 5.06 Å². The van der Waals surface area contributed by atoms with Crippen LogP contribution in [0.4, 0.5) is 0 Å². The number of carbonyl (C=O) groups is 3. The largest absolute Gasteiger partial charge is 0.468 e. The molecule has 0 aliphatic carbocycles. The van der Waals surface area contributed by atoms with Crippen molar-refractivity contribution >= 4 is 18.2 Å². The maximum absolute atomic E-state index is 10.5. The first-order valence-corrected chi connectivity index (χ1v) is 3.05. The molecule has 0 bridgehead atoms. The van der Waals surface area contributed by atoms with Crippen LogP contribution >= 0.6 is 0 Å². The predicted octanol–water partition coefficient (Wildman–Crippen LogP) is -1.25. The first-order valence-electron chi connectivity index (χ1n) is 3.05. The Bertz CT molecular complexity index is 190. The van der Waals surface area contributed by atoms with Gasteiger partial charge in [-0.3, -0.25) is 9.59 Å². The quantitative estimate of drug-likeness (QED) is 0.230. The van der Waals surface area contributed by atoms with Crippen LogP contribution in [-0.2, 0) is 24.0 Å². The van der Waals surface area contributed by atoms with E-state index in [-0.39, 0.29) is 12.8 Å². The van der Waals surface area contributed by atoms with Crippen molar-refractivity contribution < 1.29 is 24.0 Å². The topological polar surface area (TPSA) is 72.9 Å². The third-order valence-corrected chi connectivity index (χ3v) is 0.921. The van der Waals surface area contributed by atoms with E-state index in [4.69, 9.17) is 0 Å². The highest BCUT2D eigenvalue weighted by Gasteiger charge is 2.10. The van der Waals surface area contributed by atoms with E-state index >= 15 is 0 Å². The van der Waals surface area contributed by atoms with Crippen LogP contribution in [-0.4, -0.2) is 44.0 Å². The summed E-state index contributed by atoms with van der Waals surface area (Å²) in [6.45, 7) is -0.212. The first-order chi connectivity index (χ1) is 5.60. The zero-order valence-corrected chi connectivity index (χ0v) is 6.77. The molecule has 0 amide bonds. The number of methoxy groups -OCH3 is 1. The summed E-state index contributed by atoms with van der Waals surface area (Å²) in [4.78, 5) is 34.9. The molecule has 0 N–H and O–H groups in total. The molecule has 0 aromatic heterocycles. The van der Waals surface area contributed by atoms with Gasteiger partial charge in [0.15, 0.2) is 0 Å². The van der Waals surface area contributed by atoms with Crippen molar-refractivity contribution in [3.63, 3.8) is 0 Å². The molecule has 0 saturated heterocycles. The minimum atomic E-state index is -1.05. The SMILES string of the molecule is COC(=O)CN(C)OC(=O)C=O. The van der Waals surface area contributed by atoms with E-state index in [1.54, 1.807) is 0 Å². The van der Waals surface area contributed by atoms with Gasteiger partial charge in [0.1, 0.15) is 6.54 Å². The van der Waals surface area contributed by atoms with Crippen molar-refractivity contribution in [3.05, 3.63) is 0 Å². The number of carbonyl (C=O) groups excluding carboxylic acids is 3. The second kappa shape index (κ2) is 5.25. The number of likely N-dealkylation sites (N-methyl/N-ethyl adjacent to an activating group) is 1. The Morgan fingerprint density at radius 2 is 2.08 bits per heavy atom. The highest BCUT2D eigenvalue weighted by Crippen LogP contribution is 1.86. The first kappa shape index (κ1) is 10.6. The van der Waals surface area contributed by atoms with Gasteiger partial charge in [-0.05, 0) is 0 Å². The normalized spacial score (nSPS) is 9.25. The summed E-state index contributed by atoms with van der Waals surface area (Å²) in [5.41, 5.74) is 0. The van der Waals surface area contributed by atoms with E-state index in [2.05, 4.69) is 9.57 Å². The molecule has 0 aliphatic heterocycles. The molecule has 0 radical (unpaired) electrons. The number of hydroxylamine groups is 2. The van der Waals surface area contributed by atoms with Gasteiger partial charge in [0.25, 0.3) is 0 Å². The predicted molar refractivity (Wildman–Crippen MR) is 36.8 cm³/mol. The minimum Gasteiger partial charge on any atom is -0.468 e. The van der Waals surface area contributed by atoms with Crippen LogP contribution in [0.5, 0.6) is 0 Å². The Balaban J connectivity index is 3.73. The second-order valence-electron chi connectivity index (χ2n) is 1.89. The molecule has 0 rings (SSSR count). The van der Waals surface area contributed by atoms with Gasteiger partial charge in [-0.25, -0.2) is 4.79 Å². The number of rotatable bonds is 4. The third kappa shape index (κ3) is 4.40. The number of hydrogen-bond acceptors (Lipinski definition) is 6. The van der Waals surface area contributed by atoms with Crippen molar-refractivity contribution in [1.82, 2.24) is 5.06 Å². The van der Waals surface area contributed by atoms with Gasteiger partial charge in [0.05, 0.1) is 7.11 Å². The molecule has 12 heavy (non-hydrogen) atoms. The van der Waals surface area contributed by atoms with Crippen LogP contribution in [0.15, 0.2) is 0 Å². The summed E-state index contributed by atoms with van der Waals surface area (Å²) in [5.74, 6) is -1.61. The molecule has 0 spiro atoms. The van der Waals surface area contributed by atoms with Gasteiger partial charge in [-0.15, -0.1) is 5.06 Å². The van der Waals surface area contributed by atoms with E-state index in [1.165, 1.54) is 14.2 Å². The van der Waals surface area contributed by atoms with Crippen LogP contribution in [0.1, 0.15) is 0 Å². The number of esters is 1. The number of nitrogens with zero attached hydrogens (tertiary/aromatic N) is 1. The molecule has 0 aliphatic rings. The lowest BCUT2D eigenvalue weighted by molar-refractivity contribution is -0.187. The summed E-state index contributed by atoms with van der Waals surface area (Å²) in [5, 5.41) is 0.905. The molecule has 0 atom stereocenters. The summed E-state index contributed by atoms with van der Waals surface area (Å²) in [6, 6.07) is 0. The molecule has 6 nitrogen and oxygen atoms in total. The molecule has 68 valence electrons. The van der Waals surface area contributed by atoms with Crippen LogP contribution in [0, 0.1) is 0 Å². The molecular formula is C6H9NO5. The van der Waals surface area contributed by atoms with E-state index in [9.17, 15) is 14.4 Å². The van der Waals surface area contributed by atoms with Gasteiger partial charge >= 0.3 is 11.9 Å². The lowest BCUT2D eigenvalue weighted by Gasteiger charge is -2.11. The smallest absolute Gasteiger partial charge is 0.390 e. The standard InChI is InChI=1S/C6H9NO5/c1-7(3-5(9)11-2)12-6(10)4-8/h4H,3H2,1-2H3. The Labute approximate surface area is 69.0 Å². The van der Waals surface area contributed by atoms with Gasteiger partial charge in [0.2, 0.25) is 6.29 Å². The summed E-state index contributed by atoms with van der Waals surface area (Å²) in [6.07, 6.45) is 0.00772. The fourth-order valence-corrected chi connectivity index (χ4v) is 0.454. The van der Waals surface area contributed by atoms with Crippen molar-refractivity contribution in [2.45, 2.75) is 0 Å². The maximum Gasteiger partial charge on any atom is 0.390 e. The van der Waals surface area contributed by atoms with Crippen molar-refractivity contribution in [1.29, 1.82) is 0 Å². The van der Waals surface area contributed by atoms with Crippen LogP contribution in [0.25, 0.3) is 0 Å². The number of hydrogen-bond donors (Lipinski definition) is 0. The van der Waals surface area contributed by atoms with Crippen LogP contribution < -0.4 is 0 Å². The molecule has 0 unspecified atom stereocenters. The monoisotopic (exact) mass is 175 g/mol. The molecule has 0 fully saturated rings. The summed E-state index contributed by atoms with van der Waals surface area (Å²) < 4.78 is 4.28. The zero-order valence-electron chi connectivity index (χ0n) is 6.77. The molecule has 6 heteroatoms. The fraction of sp³-hybridized carbons (Fsp3) is 0.500. The average Bonchev–Trinajstić information content (AvgIpc) is 2.03. The summed E-state index contributed by atoms with van der Waals surface area (Å²) in [7, 11) is 2.54. The van der Waals surface area contributed by atoms with E-state index in [0.29, 0.717) is 0 Å². The number of ether oxygens (including phenoxy) is 1. The Morgan fingerprint density at radius 1 is 1.50 bits per heavy atom. The van der Waals surface area contributed by atoms with E-state index < -0.39 is 11.9 Å². The highest BCUT2D eigenvalue weighted by atomic mass is 16.7. The third-order valence-electron chi connectivity index (χ3n) is 0.921. The van der Waals surface area contributed by atoms with Crippen LogP contribution in [0.2, 0.25) is 0 Å². The average molecular weight is 175 g/mol. The maximum atomic E-state index is 10.5. The van der Waals surface area contributed by atoms with Crippen molar-refractivity contribution in [3.8, 4) is 0 Å². The zero-order chi connectivity index (χ0) is 9.56. The fourth-order valence-electron chi connectivity index (χ4n) is 0.454. The van der Waals surface area contributed by atoms with Gasteiger partial charge in [-0.1, -0.05) is 0 Å². The molecule has 0 heterocycles. The molecule has 0 aromatic rings. The number of aldehydes is 1. The lowest BCUT2D eigenvalue weighted by atomic mass is 10.6. The molecule has 0 saturated carbocycles. The lowest BCUT2D eigenvalue weighted by Crippen LogP contribution is -2.29. The molecule has 0 aromatic carbocycles. The molecular weight excluding hydrogens is 166 g/mol. The minimum absolute atomic E-state index is 0.00772. The highest BCUT2D eigenvalue weighted by molar-refractivity contribution is 6.20. The van der Waals surface area contributed by atoms with Gasteiger partial charge in [-0.2, -0.15) is 0 Å². The van der Waals surface area contributed by atoms with E-state index in [1.807, 2.05) is 0 Å². The summed E-state index contributed by atoms with van der Waals surface area (Å²) >= 11 is 0. The Morgan fingerprint density at radius 3 is 2.50 bits per heavy atom. The Kier molecular flexibility index (Phi) is 4.62.